The molecule has 0 aromatic rings. The van der Waals surface area contributed by atoms with Crippen LogP contribution in [-0.4, -0.2) is 82.0 Å². The molecule has 0 spiro atoms. The summed E-state index contributed by atoms with van der Waals surface area (Å²) in [6, 6.07) is 0. The molecule has 0 aliphatic rings. The summed E-state index contributed by atoms with van der Waals surface area (Å²) in [5.74, 6) is -1.08. The molecule has 0 heterocycles. The number of rotatable bonds is 5. The maximum atomic E-state index is 10.2. The van der Waals surface area contributed by atoms with E-state index < -0.39 is 12.3 Å². The molecule has 1 N–H and O–H groups in total. The number of carboxylic acids is 1. The van der Waals surface area contributed by atoms with E-state index in [0.717, 1.165) is 0 Å². The van der Waals surface area contributed by atoms with Gasteiger partial charge in [-0.05, 0) is 13.8 Å². The molecule has 0 bridgehead atoms. The molecule has 0 saturated carbocycles. The third-order valence-corrected chi connectivity index (χ3v) is 0.838. The number of aliphatic carboxylic acids is 1. The van der Waals surface area contributed by atoms with Crippen LogP contribution in [0.25, 0.3) is 0 Å². The summed E-state index contributed by atoms with van der Waals surface area (Å²) in [5.41, 5.74) is 0. The summed E-state index contributed by atoms with van der Waals surface area (Å²) in [5, 5.41) is 8.39. The van der Waals surface area contributed by atoms with Gasteiger partial charge < -0.3 is 14.6 Å². The van der Waals surface area contributed by atoms with Crippen LogP contribution in [0.3, 0.4) is 0 Å². The van der Waals surface area contributed by atoms with Gasteiger partial charge in [0.25, 0.3) is 6.29 Å². The van der Waals surface area contributed by atoms with Crippen molar-refractivity contribution in [3.63, 3.8) is 0 Å². The van der Waals surface area contributed by atoms with Gasteiger partial charge in [0, 0.05) is 13.2 Å². The zero-order valence-electron chi connectivity index (χ0n) is 6.16. The van der Waals surface area contributed by atoms with Crippen LogP contribution in [0, 0.1) is 0 Å². The van der Waals surface area contributed by atoms with Crippen LogP contribution in [0.4, 0.5) is 0 Å². The predicted molar refractivity (Wildman–Crippen MR) is 41.8 cm³/mol. The fraction of sp³-hybridized carbons (Fsp3) is 0.833. The molecule has 0 saturated heterocycles. The van der Waals surface area contributed by atoms with Gasteiger partial charge in [0.2, 0.25) is 0 Å². The second-order valence-electron chi connectivity index (χ2n) is 1.58. The van der Waals surface area contributed by atoms with Crippen molar-refractivity contribution in [2.75, 3.05) is 13.2 Å². The van der Waals surface area contributed by atoms with E-state index in [0.29, 0.717) is 13.2 Å². The minimum atomic E-state index is -1.10. The molecule has 0 rings (SSSR count). The molecule has 62 valence electrons. The Hall–Kier alpha value is 1.03. The van der Waals surface area contributed by atoms with Gasteiger partial charge in [-0.15, -0.1) is 0 Å². The average molecular weight is 188 g/mol. The molecule has 0 amide bonds. The van der Waals surface area contributed by atoms with E-state index in [4.69, 9.17) is 14.6 Å². The van der Waals surface area contributed by atoms with Crippen molar-refractivity contribution >= 4 is 57.4 Å². The summed E-state index contributed by atoms with van der Waals surface area (Å²) < 4.78 is 9.44. The number of hydrogen-bond donors (Lipinski definition) is 1. The molecule has 0 unspecified atom stereocenters. The van der Waals surface area contributed by atoms with E-state index in [-0.39, 0.29) is 51.4 Å². The van der Waals surface area contributed by atoms with Crippen LogP contribution in [0.5, 0.6) is 0 Å². The molecule has 0 aliphatic heterocycles. The van der Waals surface area contributed by atoms with E-state index in [2.05, 4.69) is 0 Å². The molecular weight excluding hydrogens is 175 g/mol. The monoisotopic (exact) mass is 188 g/mol. The van der Waals surface area contributed by atoms with Crippen molar-refractivity contribution < 1.29 is 19.4 Å². The second kappa shape index (κ2) is 9.12. The molecule has 0 atom stereocenters. The van der Waals surface area contributed by atoms with Gasteiger partial charge in [-0.3, -0.25) is 0 Å². The van der Waals surface area contributed by atoms with Gasteiger partial charge in [0.15, 0.2) is 0 Å². The topological polar surface area (TPSA) is 55.8 Å². The van der Waals surface area contributed by atoms with E-state index in [9.17, 15) is 4.79 Å². The van der Waals surface area contributed by atoms with Gasteiger partial charge in [-0.2, -0.15) is 0 Å². The van der Waals surface area contributed by atoms with E-state index in [1.165, 1.54) is 0 Å². The van der Waals surface area contributed by atoms with Gasteiger partial charge in [-0.25, -0.2) is 4.79 Å². The zero-order chi connectivity index (χ0) is 7.98. The summed E-state index contributed by atoms with van der Waals surface area (Å²) in [6.45, 7) is 4.12. The van der Waals surface area contributed by atoms with Gasteiger partial charge in [0.1, 0.15) is 0 Å². The van der Waals surface area contributed by atoms with Crippen LogP contribution in [0.2, 0.25) is 0 Å². The number of carboxylic acid groups (broad SMARTS) is 1. The average Bonchev–Trinajstić information content (AvgIpc) is 1.87. The molecule has 0 aromatic heterocycles. The Morgan fingerprint density at radius 3 is 1.91 bits per heavy atom. The van der Waals surface area contributed by atoms with Crippen molar-refractivity contribution in [1.29, 1.82) is 0 Å². The molecule has 11 heavy (non-hydrogen) atoms. The normalized spacial score (nSPS) is 9.36. The fourth-order valence-corrected chi connectivity index (χ4v) is 0.493. The van der Waals surface area contributed by atoms with Crippen molar-refractivity contribution in [2.24, 2.45) is 0 Å². The number of hydrogen-bond acceptors (Lipinski definition) is 3. The summed E-state index contributed by atoms with van der Waals surface area (Å²) in [4.78, 5) is 10.2. The Morgan fingerprint density at radius 1 is 1.36 bits per heavy atom. The standard InChI is InChI=1S/C6H12O4.K.H/c1-3-9-6(5(7)8)10-4-2;;/h6H,3-4H2,1-2H3,(H,7,8);;. The Bertz CT molecular complexity index is 101. The maximum absolute atomic E-state index is 10.2. The van der Waals surface area contributed by atoms with Crippen molar-refractivity contribution in [3.8, 4) is 0 Å². The van der Waals surface area contributed by atoms with Gasteiger partial charge in [0.05, 0.1) is 0 Å². The Kier molecular flexibility index (Phi) is 12.1. The Balaban J connectivity index is 0. The molecule has 5 heteroatoms. The Labute approximate surface area is 109 Å². The van der Waals surface area contributed by atoms with Crippen LogP contribution < -0.4 is 0 Å². The first-order valence-corrected chi connectivity index (χ1v) is 3.18. The van der Waals surface area contributed by atoms with Gasteiger partial charge in [-0.1, -0.05) is 0 Å². The third kappa shape index (κ3) is 7.39. The van der Waals surface area contributed by atoms with Crippen LogP contribution in [0.15, 0.2) is 0 Å². The third-order valence-electron chi connectivity index (χ3n) is 0.838. The molecule has 0 radical (unpaired) electrons. The Morgan fingerprint density at radius 2 is 1.73 bits per heavy atom. The summed E-state index contributed by atoms with van der Waals surface area (Å²) in [6.07, 6.45) is -1.10. The van der Waals surface area contributed by atoms with E-state index >= 15 is 0 Å². The summed E-state index contributed by atoms with van der Waals surface area (Å²) in [7, 11) is 0. The van der Waals surface area contributed by atoms with Gasteiger partial charge >= 0.3 is 57.4 Å². The molecule has 0 fully saturated rings. The van der Waals surface area contributed by atoms with Crippen molar-refractivity contribution in [3.05, 3.63) is 0 Å². The molecular formula is C6H13KO4. The second-order valence-corrected chi connectivity index (χ2v) is 1.58. The first-order valence-electron chi connectivity index (χ1n) is 3.18. The molecule has 4 nitrogen and oxygen atoms in total. The van der Waals surface area contributed by atoms with E-state index in [1.807, 2.05) is 0 Å². The zero-order valence-corrected chi connectivity index (χ0v) is 6.16. The molecule has 0 aliphatic carbocycles. The number of ether oxygens (including phenoxy) is 2. The predicted octanol–water partition coefficient (Wildman–Crippen LogP) is -0.178. The minimum absolute atomic E-state index is 0. The quantitative estimate of drug-likeness (QED) is 0.480. The molecule has 0 aromatic carbocycles. The van der Waals surface area contributed by atoms with Crippen LogP contribution in [-0.2, 0) is 14.3 Å². The van der Waals surface area contributed by atoms with Crippen LogP contribution in [0.1, 0.15) is 13.8 Å². The SMILES string of the molecule is CCOC(OCC)C(=O)O.[KH]. The van der Waals surface area contributed by atoms with Crippen molar-refractivity contribution in [2.45, 2.75) is 20.1 Å². The first kappa shape index (κ1) is 14.5. The summed E-state index contributed by atoms with van der Waals surface area (Å²) >= 11 is 0. The van der Waals surface area contributed by atoms with Crippen LogP contribution >= 0.6 is 0 Å². The first-order chi connectivity index (χ1) is 4.72. The number of carbonyl (C=O) groups is 1. The van der Waals surface area contributed by atoms with E-state index in [1.54, 1.807) is 13.8 Å². The van der Waals surface area contributed by atoms with Crippen molar-refractivity contribution in [1.82, 2.24) is 0 Å². The fourth-order valence-electron chi connectivity index (χ4n) is 0.493.